The van der Waals surface area contributed by atoms with Gasteiger partial charge in [-0.3, -0.25) is 0 Å². The minimum Gasteiger partial charge on any atom is -0.356 e. The number of ether oxygens (including phenoxy) is 4. The minimum absolute atomic E-state index is 0.0282. The van der Waals surface area contributed by atoms with E-state index in [0.717, 1.165) is 6.42 Å². The van der Waals surface area contributed by atoms with E-state index in [-0.39, 0.29) is 24.6 Å². The van der Waals surface area contributed by atoms with E-state index in [2.05, 4.69) is 0 Å². The summed E-state index contributed by atoms with van der Waals surface area (Å²) in [7, 11) is 1.65. The highest BCUT2D eigenvalue weighted by atomic mass is 16.8. The molecule has 14 heavy (non-hydrogen) atoms. The fraction of sp³-hybridized carbons (Fsp3) is 1.00. The lowest BCUT2D eigenvalue weighted by Gasteiger charge is -2.33. The molecule has 82 valence electrons. The average Bonchev–Trinajstić information content (AvgIpc) is 2.40. The first-order valence-corrected chi connectivity index (χ1v) is 5.06. The Morgan fingerprint density at radius 2 is 2.00 bits per heavy atom. The fourth-order valence-corrected chi connectivity index (χ4v) is 2.16. The van der Waals surface area contributed by atoms with E-state index in [1.54, 1.807) is 7.11 Å². The molecule has 0 spiro atoms. The molecule has 0 amide bonds. The molecule has 0 bridgehead atoms. The maximum absolute atomic E-state index is 5.77. The highest BCUT2D eigenvalue weighted by molar-refractivity contribution is 4.89. The first kappa shape index (κ1) is 10.4. The van der Waals surface area contributed by atoms with Crippen molar-refractivity contribution in [3.05, 3.63) is 0 Å². The van der Waals surface area contributed by atoms with Gasteiger partial charge in [0.2, 0.25) is 0 Å². The van der Waals surface area contributed by atoms with Crippen LogP contribution in [0.2, 0.25) is 0 Å². The summed E-state index contributed by atoms with van der Waals surface area (Å²) < 4.78 is 22.3. The summed E-state index contributed by atoms with van der Waals surface area (Å²) >= 11 is 0. The molecule has 2 heterocycles. The Hall–Kier alpha value is -0.160. The second-order valence-corrected chi connectivity index (χ2v) is 4.38. The van der Waals surface area contributed by atoms with Crippen molar-refractivity contribution in [3.63, 3.8) is 0 Å². The Kier molecular flexibility index (Phi) is 2.55. The van der Waals surface area contributed by atoms with Crippen LogP contribution in [0.3, 0.4) is 0 Å². The zero-order valence-corrected chi connectivity index (χ0v) is 9.15. The molecule has 2 fully saturated rings. The number of hydrogen-bond acceptors (Lipinski definition) is 4. The van der Waals surface area contributed by atoms with Gasteiger partial charge >= 0.3 is 0 Å². The van der Waals surface area contributed by atoms with E-state index in [1.807, 2.05) is 20.8 Å². The van der Waals surface area contributed by atoms with Crippen molar-refractivity contribution in [1.29, 1.82) is 0 Å². The molecule has 0 saturated carbocycles. The smallest absolute Gasteiger partial charge is 0.163 e. The zero-order chi connectivity index (χ0) is 10.3. The maximum Gasteiger partial charge on any atom is 0.163 e. The molecule has 0 aromatic rings. The molecule has 4 atom stereocenters. The van der Waals surface area contributed by atoms with E-state index in [4.69, 9.17) is 18.9 Å². The van der Waals surface area contributed by atoms with Crippen LogP contribution in [0.4, 0.5) is 0 Å². The maximum atomic E-state index is 5.77. The highest BCUT2D eigenvalue weighted by Crippen LogP contribution is 2.36. The molecule has 0 radical (unpaired) electrons. The first-order valence-electron chi connectivity index (χ1n) is 5.06. The largest absolute Gasteiger partial charge is 0.356 e. The van der Waals surface area contributed by atoms with Crippen LogP contribution in [0.15, 0.2) is 0 Å². The second-order valence-electron chi connectivity index (χ2n) is 4.38. The van der Waals surface area contributed by atoms with Crippen LogP contribution >= 0.6 is 0 Å². The standard InChI is InChI=1S/C10H18O4/c1-6-9-7(5-8(11-4)12-6)13-10(2,3)14-9/h6-9H,5H2,1-4H3/t6-,7-,8-,9+/m1/s1. The van der Waals surface area contributed by atoms with Crippen LogP contribution < -0.4 is 0 Å². The van der Waals surface area contributed by atoms with Gasteiger partial charge in [-0.1, -0.05) is 0 Å². The lowest BCUT2D eigenvalue weighted by Crippen LogP contribution is -2.45. The van der Waals surface area contributed by atoms with E-state index >= 15 is 0 Å². The molecule has 0 aromatic heterocycles. The van der Waals surface area contributed by atoms with Gasteiger partial charge in [0.15, 0.2) is 12.1 Å². The predicted octanol–water partition coefficient (Wildman–Crippen LogP) is 1.29. The van der Waals surface area contributed by atoms with Crippen LogP contribution in [0.25, 0.3) is 0 Å². The third-order valence-electron chi connectivity index (χ3n) is 2.74. The summed E-state index contributed by atoms with van der Waals surface area (Å²) in [5.74, 6) is -0.490. The first-order chi connectivity index (χ1) is 6.52. The molecule has 4 heteroatoms. The second kappa shape index (κ2) is 3.45. The lowest BCUT2D eigenvalue weighted by molar-refractivity contribution is -0.215. The number of hydrogen-bond donors (Lipinski definition) is 0. The Morgan fingerprint density at radius 3 is 2.64 bits per heavy atom. The minimum atomic E-state index is -0.490. The molecular weight excluding hydrogens is 184 g/mol. The van der Waals surface area contributed by atoms with Crippen LogP contribution in [0.5, 0.6) is 0 Å². The molecule has 0 aromatic carbocycles. The van der Waals surface area contributed by atoms with E-state index in [1.165, 1.54) is 0 Å². The average molecular weight is 202 g/mol. The Morgan fingerprint density at radius 1 is 1.29 bits per heavy atom. The summed E-state index contributed by atoms with van der Waals surface area (Å²) in [6, 6.07) is 0. The molecule has 4 nitrogen and oxygen atoms in total. The lowest BCUT2D eigenvalue weighted by atomic mass is 10.0. The van der Waals surface area contributed by atoms with Crippen LogP contribution in [-0.4, -0.2) is 37.5 Å². The van der Waals surface area contributed by atoms with Gasteiger partial charge in [-0.05, 0) is 20.8 Å². The van der Waals surface area contributed by atoms with Crippen molar-refractivity contribution in [3.8, 4) is 0 Å². The third-order valence-corrected chi connectivity index (χ3v) is 2.74. The molecular formula is C10H18O4. The molecule has 0 aliphatic carbocycles. The van der Waals surface area contributed by atoms with Gasteiger partial charge in [0.1, 0.15) is 6.10 Å². The van der Waals surface area contributed by atoms with Crippen molar-refractivity contribution in [2.75, 3.05) is 7.11 Å². The quantitative estimate of drug-likeness (QED) is 0.642. The monoisotopic (exact) mass is 202 g/mol. The Bertz CT molecular complexity index is 216. The normalized spacial score (nSPS) is 46.3. The highest BCUT2D eigenvalue weighted by Gasteiger charge is 2.48. The summed E-state index contributed by atoms with van der Waals surface area (Å²) in [5, 5.41) is 0. The van der Waals surface area contributed by atoms with Crippen molar-refractivity contribution < 1.29 is 18.9 Å². The number of methoxy groups -OCH3 is 1. The third kappa shape index (κ3) is 1.80. The summed E-state index contributed by atoms with van der Waals surface area (Å²) in [6.45, 7) is 5.85. The fourth-order valence-electron chi connectivity index (χ4n) is 2.16. The van der Waals surface area contributed by atoms with Crippen molar-refractivity contribution in [2.24, 2.45) is 0 Å². The van der Waals surface area contributed by atoms with Crippen LogP contribution in [0.1, 0.15) is 27.2 Å². The molecule has 2 aliphatic rings. The van der Waals surface area contributed by atoms with E-state index in [9.17, 15) is 0 Å². The molecule has 2 rings (SSSR count). The summed E-state index contributed by atoms with van der Waals surface area (Å²) in [5.41, 5.74) is 0. The number of fused-ring (bicyclic) bond motifs is 1. The van der Waals surface area contributed by atoms with Crippen molar-refractivity contribution >= 4 is 0 Å². The van der Waals surface area contributed by atoms with Gasteiger partial charge in [0.25, 0.3) is 0 Å². The van der Waals surface area contributed by atoms with Gasteiger partial charge in [0, 0.05) is 13.5 Å². The van der Waals surface area contributed by atoms with E-state index < -0.39 is 5.79 Å². The molecule has 2 saturated heterocycles. The van der Waals surface area contributed by atoms with Gasteiger partial charge < -0.3 is 18.9 Å². The van der Waals surface area contributed by atoms with Crippen molar-refractivity contribution in [2.45, 2.75) is 57.6 Å². The predicted molar refractivity (Wildman–Crippen MR) is 49.8 cm³/mol. The molecule has 0 unspecified atom stereocenters. The van der Waals surface area contributed by atoms with Crippen LogP contribution in [0, 0.1) is 0 Å². The molecule has 2 aliphatic heterocycles. The Balaban J connectivity index is 2.06. The number of rotatable bonds is 1. The zero-order valence-electron chi connectivity index (χ0n) is 9.15. The van der Waals surface area contributed by atoms with Gasteiger partial charge in [-0.15, -0.1) is 0 Å². The van der Waals surface area contributed by atoms with E-state index in [0.29, 0.717) is 0 Å². The topological polar surface area (TPSA) is 36.9 Å². The SMILES string of the molecule is CO[C@H]1C[C@H]2OC(C)(C)O[C@H]2[C@@H](C)O1. The summed E-state index contributed by atoms with van der Waals surface area (Å²) in [6.07, 6.45) is 0.744. The molecule has 0 N–H and O–H groups in total. The van der Waals surface area contributed by atoms with Crippen molar-refractivity contribution in [1.82, 2.24) is 0 Å². The summed E-state index contributed by atoms with van der Waals surface area (Å²) in [4.78, 5) is 0. The van der Waals surface area contributed by atoms with Gasteiger partial charge in [-0.25, -0.2) is 0 Å². The Labute approximate surface area is 84.5 Å². The van der Waals surface area contributed by atoms with Gasteiger partial charge in [-0.2, -0.15) is 0 Å². The van der Waals surface area contributed by atoms with Crippen LogP contribution in [-0.2, 0) is 18.9 Å². The van der Waals surface area contributed by atoms with Gasteiger partial charge in [0.05, 0.1) is 12.2 Å².